The van der Waals surface area contributed by atoms with Gasteiger partial charge in [-0.2, -0.15) is 5.26 Å². The zero-order valence-corrected chi connectivity index (χ0v) is 19.1. The number of aromatic amines is 1. The van der Waals surface area contributed by atoms with Gasteiger partial charge in [0.25, 0.3) is 5.56 Å². The lowest BCUT2D eigenvalue weighted by Gasteiger charge is -2.12. The summed E-state index contributed by atoms with van der Waals surface area (Å²) < 4.78 is 7.73. The van der Waals surface area contributed by atoms with E-state index in [0.717, 1.165) is 10.1 Å². The van der Waals surface area contributed by atoms with Crippen LogP contribution in [0.3, 0.4) is 0 Å². The molecular formula is C26H17ClN4O4. The molecule has 0 saturated heterocycles. The smallest absolute Gasteiger partial charge is 0.333 e. The van der Waals surface area contributed by atoms with Crippen LogP contribution >= 0.6 is 11.6 Å². The molecule has 0 atom stereocenters. The fraction of sp³-hybridized carbons (Fsp3) is 0.0385. The van der Waals surface area contributed by atoms with E-state index in [1.807, 2.05) is 6.07 Å². The third kappa shape index (κ3) is 3.64. The third-order valence-corrected chi connectivity index (χ3v) is 5.99. The van der Waals surface area contributed by atoms with Gasteiger partial charge in [-0.25, -0.2) is 9.36 Å². The molecule has 0 spiro atoms. The number of para-hydroxylation sites is 1. The van der Waals surface area contributed by atoms with Crippen molar-refractivity contribution in [3.63, 3.8) is 0 Å². The van der Waals surface area contributed by atoms with Crippen molar-refractivity contribution in [3.8, 4) is 40.1 Å². The number of phenolic OH excluding ortho intramolecular Hbond substituents is 1. The van der Waals surface area contributed by atoms with E-state index in [2.05, 4.69) is 4.98 Å². The molecule has 0 radical (unpaired) electrons. The highest BCUT2D eigenvalue weighted by atomic mass is 35.5. The van der Waals surface area contributed by atoms with Crippen molar-refractivity contribution in [1.82, 2.24) is 14.1 Å². The van der Waals surface area contributed by atoms with Gasteiger partial charge in [-0.05, 0) is 54.1 Å². The van der Waals surface area contributed by atoms with Gasteiger partial charge in [-0.3, -0.25) is 9.36 Å². The van der Waals surface area contributed by atoms with Crippen LogP contribution in [0.5, 0.6) is 11.5 Å². The Hall–Kier alpha value is -4.74. The number of rotatable bonds is 4. The molecule has 9 heteroatoms. The van der Waals surface area contributed by atoms with Crippen LogP contribution in [-0.4, -0.2) is 26.3 Å². The number of benzene rings is 3. The van der Waals surface area contributed by atoms with Crippen LogP contribution in [-0.2, 0) is 0 Å². The molecule has 2 N–H and O–H groups in total. The monoisotopic (exact) mass is 484 g/mol. The summed E-state index contributed by atoms with van der Waals surface area (Å²) in [5.74, 6) is 0.383. The van der Waals surface area contributed by atoms with Crippen molar-refractivity contribution in [2.75, 3.05) is 7.11 Å². The number of aromatic nitrogens is 3. The summed E-state index contributed by atoms with van der Waals surface area (Å²) in [6.45, 7) is 0. The minimum Gasteiger partial charge on any atom is -0.504 e. The number of nitriles is 1. The second-order valence-corrected chi connectivity index (χ2v) is 8.08. The maximum absolute atomic E-state index is 13.5. The highest BCUT2D eigenvalue weighted by molar-refractivity contribution is 6.31. The van der Waals surface area contributed by atoms with Crippen molar-refractivity contribution in [3.05, 3.63) is 104 Å². The molecule has 0 aliphatic heterocycles. The molecule has 2 heterocycles. The van der Waals surface area contributed by atoms with E-state index < -0.39 is 11.2 Å². The van der Waals surface area contributed by atoms with E-state index in [9.17, 15) is 14.7 Å². The number of fused-ring (bicyclic) bond motifs is 1. The number of H-pyrrole nitrogens is 1. The molecular weight excluding hydrogens is 468 g/mol. The first-order valence-corrected chi connectivity index (χ1v) is 10.8. The number of methoxy groups -OCH3 is 1. The summed E-state index contributed by atoms with van der Waals surface area (Å²) in [6, 6.07) is 22.0. The molecule has 0 amide bonds. The first-order valence-electron chi connectivity index (χ1n) is 10.5. The van der Waals surface area contributed by atoms with Crippen LogP contribution in [0.25, 0.3) is 33.5 Å². The van der Waals surface area contributed by atoms with E-state index in [-0.39, 0.29) is 16.4 Å². The average Bonchev–Trinajstić information content (AvgIpc) is 3.20. The number of halogens is 1. The van der Waals surface area contributed by atoms with Crippen LogP contribution in [0, 0.1) is 11.3 Å². The van der Waals surface area contributed by atoms with Crippen LogP contribution in [0.2, 0.25) is 5.15 Å². The average molecular weight is 485 g/mol. The number of nitrogens with one attached hydrogen (secondary N) is 1. The van der Waals surface area contributed by atoms with Gasteiger partial charge in [0.15, 0.2) is 11.5 Å². The first kappa shape index (κ1) is 22.1. The third-order valence-electron chi connectivity index (χ3n) is 5.72. The lowest BCUT2D eigenvalue weighted by atomic mass is 10.0. The van der Waals surface area contributed by atoms with Crippen molar-refractivity contribution >= 4 is 22.6 Å². The van der Waals surface area contributed by atoms with Gasteiger partial charge in [0.1, 0.15) is 10.7 Å². The Morgan fingerprint density at radius 2 is 1.63 bits per heavy atom. The molecule has 3 aromatic carbocycles. The molecule has 8 nitrogen and oxygen atoms in total. The van der Waals surface area contributed by atoms with Gasteiger partial charge in [0, 0.05) is 11.3 Å². The molecule has 5 aromatic rings. The lowest BCUT2D eigenvalue weighted by molar-refractivity contribution is 0.374. The van der Waals surface area contributed by atoms with Crippen molar-refractivity contribution in [2.45, 2.75) is 0 Å². The largest absolute Gasteiger partial charge is 0.504 e. The van der Waals surface area contributed by atoms with E-state index in [1.54, 1.807) is 47.0 Å². The molecule has 0 aliphatic rings. The number of hydrogen-bond acceptors (Lipinski definition) is 5. The molecule has 172 valence electrons. The summed E-state index contributed by atoms with van der Waals surface area (Å²) in [4.78, 5) is 28.9. The Labute approximate surface area is 203 Å². The molecule has 35 heavy (non-hydrogen) atoms. The Bertz CT molecular complexity index is 1740. The van der Waals surface area contributed by atoms with Gasteiger partial charge in [-0.1, -0.05) is 35.9 Å². The minimum absolute atomic E-state index is 0.0232. The highest BCUT2D eigenvalue weighted by Crippen LogP contribution is 2.37. The topological polar surface area (TPSA) is 113 Å². The van der Waals surface area contributed by atoms with E-state index in [0.29, 0.717) is 33.8 Å². The molecule has 0 bridgehead atoms. The van der Waals surface area contributed by atoms with Crippen molar-refractivity contribution in [2.24, 2.45) is 0 Å². The molecule has 5 rings (SSSR count). The van der Waals surface area contributed by atoms with Crippen LogP contribution < -0.4 is 16.0 Å². The predicted molar refractivity (Wildman–Crippen MR) is 133 cm³/mol. The molecule has 2 aromatic heterocycles. The minimum atomic E-state index is -0.620. The summed E-state index contributed by atoms with van der Waals surface area (Å²) in [7, 11) is 1.48. The number of aromatic hydroxyl groups is 1. The Morgan fingerprint density at radius 3 is 2.29 bits per heavy atom. The number of nitrogens with zero attached hydrogens (tertiary/aromatic N) is 3. The number of ether oxygens (including phenoxy) is 1. The molecule has 0 fully saturated rings. The normalized spacial score (nSPS) is 10.9. The van der Waals surface area contributed by atoms with Gasteiger partial charge in [0.2, 0.25) is 0 Å². The standard InChI is InChI=1S/C26H17ClN4O4/c1-35-21-4-2-3-19(24(21)32)16-7-11-17(12-8-16)30-22(27)13-20-23(30)25(33)31(26(34)29-20)18-9-5-15(14-28)6-10-18/h2-13,32H,1H3,(H,29,34). The zero-order chi connectivity index (χ0) is 24.7. The van der Waals surface area contributed by atoms with Crippen LogP contribution in [0.1, 0.15) is 5.56 Å². The summed E-state index contributed by atoms with van der Waals surface area (Å²) in [5, 5.41) is 19.7. The van der Waals surface area contributed by atoms with Crippen LogP contribution in [0.4, 0.5) is 0 Å². The predicted octanol–water partition coefficient (Wildman–Crippen LogP) is 4.38. The molecule has 0 saturated carbocycles. The van der Waals surface area contributed by atoms with Gasteiger partial charge < -0.3 is 14.8 Å². The summed E-state index contributed by atoms with van der Waals surface area (Å²) in [5.41, 5.74) is 1.96. The van der Waals surface area contributed by atoms with Crippen molar-refractivity contribution in [1.29, 1.82) is 5.26 Å². The van der Waals surface area contributed by atoms with E-state index >= 15 is 0 Å². The van der Waals surface area contributed by atoms with Crippen molar-refractivity contribution < 1.29 is 9.84 Å². The quantitative estimate of drug-likeness (QED) is 0.393. The Morgan fingerprint density at radius 1 is 0.971 bits per heavy atom. The number of phenols is 1. The maximum atomic E-state index is 13.5. The van der Waals surface area contributed by atoms with Crippen LogP contribution in [0.15, 0.2) is 82.4 Å². The number of hydrogen-bond donors (Lipinski definition) is 2. The molecule has 0 unspecified atom stereocenters. The maximum Gasteiger partial charge on any atom is 0.333 e. The first-order chi connectivity index (χ1) is 16.9. The second kappa shape index (κ2) is 8.56. The van der Waals surface area contributed by atoms with Gasteiger partial charge >= 0.3 is 5.69 Å². The Balaban J connectivity index is 1.66. The van der Waals surface area contributed by atoms with E-state index in [4.69, 9.17) is 21.6 Å². The lowest BCUT2D eigenvalue weighted by Crippen LogP contribution is -2.34. The zero-order valence-electron chi connectivity index (χ0n) is 18.3. The van der Waals surface area contributed by atoms with Gasteiger partial charge in [-0.15, -0.1) is 0 Å². The fourth-order valence-corrected chi connectivity index (χ4v) is 4.33. The Kier molecular flexibility index (Phi) is 5.40. The fourth-order valence-electron chi connectivity index (χ4n) is 4.04. The highest BCUT2D eigenvalue weighted by Gasteiger charge is 2.18. The van der Waals surface area contributed by atoms with Gasteiger partial charge in [0.05, 0.1) is 29.9 Å². The summed E-state index contributed by atoms with van der Waals surface area (Å²) in [6.07, 6.45) is 0. The SMILES string of the molecule is COc1cccc(-c2ccc(-n3c(Cl)cc4[nH]c(=O)n(-c5ccc(C#N)cc5)c(=O)c43)cc2)c1O. The second-order valence-electron chi connectivity index (χ2n) is 7.70. The van der Waals surface area contributed by atoms with E-state index in [1.165, 1.54) is 37.4 Å². The summed E-state index contributed by atoms with van der Waals surface area (Å²) >= 11 is 6.49. The molecule has 0 aliphatic carbocycles.